The molecule has 1 N–H and O–H groups in total. The molecular weight excluding hydrogens is 305 g/mol. The van der Waals surface area contributed by atoms with Crippen molar-refractivity contribution in [3.05, 3.63) is 29.8 Å². The number of nitrogens with zero attached hydrogens (tertiary/aromatic N) is 1. The quantitative estimate of drug-likeness (QED) is 0.829. The van der Waals surface area contributed by atoms with Crippen molar-refractivity contribution in [3.8, 4) is 5.75 Å². The average molecular weight is 330 g/mol. The number of rotatable bonds is 7. The van der Waals surface area contributed by atoms with Crippen molar-refractivity contribution in [2.45, 2.75) is 32.0 Å². The maximum absolute atomic E-state index is 12.1. The molecule has 0 bridgehead atoms. The highest BCUT2D eigenvalue weighted by molar-refractivity contribution is 5.27. The number of hydrogen-bond acceptors (Lipinski definition) is 3. The van der Waals surface area contributed by atoms with Gasteiger partial charge in [0.2, 0.25) is 0 Å². The van der Waals surface area contributed by atoms with Crippen molar-refractivity contribution in [3.63, 3.8) is 0 Å². The Bertz CT molecular complexity index is 454. The minimum absolute atomic E-state index is 0.261. The van der Waals surface area contributed by atoms with Gasteiger partial charge in [-0.1, -0.05) is 12.1 Å². The molecule has 1 heterocycles. The Morgan fingerprint density at radius 2 is 1.83 bits per heavy atom. The second-order valence-corrected chi connectivity index (χ2v) is 6.16. The van der Waals surface area contributed by atoms with Crippen molar-refractivity contribution < 1.29 is 17.9 Å². The van der Waals surface area contributed by atoms with Crippen LogP contribution < -0.4 is 10.1 Å². The zero-order valence-electron chi connectivity index (χ0n) is 13.5. The third kappa shape index (κ3) is 6.79. The van der Waals surface area contributed by atoms with Crippen LogP contribution in [0.15, 0.2) is 24.3 Å². The second kappa shape index (κ2) is 8.55. The number of alkyl halides is 3. The molecule has 6 heteroatoms. The lowest BCUT2D eigenvalue weighted by molar-refractivity contribution is -0.153. The molecule has 0 saturated carbocycles. The predicted octanol–water partition coefficient (Wildman–Crippen LogP) is 3.45. The summed E-state index contributed by atoms with van der Waals surface area (Å²) in [4.78, 5) is 2.40. The van der Waals surface area contributed by atoms with Gasteiger partial charge in [-0.15, -0.1) is 0 Å². The lowest BCUT2D eigenvalue weighted by Crippen LogP contribution is -2.34. The van der Waals surface area contributed by atoms with E-state index in [-0.39, 0.29) is 5.75 Å². The van der Waals surface area contributed by atoms with E-state index < -0.39 is 12.8 Å². The molecule has 1 aromatic carbocycles. The third-order valence-electron chi connectivity index (χ3n) is 4.24. The topological polar surface area (TPSA) is 24.5 Å². The van der Waals surface area contributed by atoms with Gasteiger partial charge in [-0.25, -0.2) is 0 Å². The van der Waals surface area contributed by atoms with E-state index in [1.54, 1.807) is 12.1 Å². The highest BCUT2D eigenvalue weighted by atomic mass is 19.4. The molecule has 23 heavy (non-hydrogen) atoms. The molecule has 0 aromatic heterocycles. The summed E-state index contributed by atoms with van der Waals surface area (Å²) in [5, 5.41) is 3.20. The second-order valence-electron chi connectivity index (χ2n) is 6.16. The van der Waals surface area contributed by atoms with Crippen LogP contribution in [-0.2, 0) is 6.54 Å². The highest BCUT2D eigenvalue weighted by Crippen LogP contribution is 2.23. The summed E-state index contributed by atoms with van der Waals surface area (Å²) in [6, 6.07) is 6.92. The maximum Gasteiger partial charge on any atom is 0.422 e. The molecule has 1 aromatic rings. The summed E-state index contributed by atoms with van der Waals surface area (Å²) < 4.78 is 41.0. The summed E-state index contributed by atoms with van der Waals surface area (Å²) in [6.07, 6.45) is -0.630. The summed E-state index contributed by atoms with van der Waals surface area (Å²) in [6.45, 7) is 2.84. The fraction of sp³-hybridized carbons (Fsp3) is 0.647. The van der Waals surface area contributed by atoms with Crippen LogP contribution in [0.5, 0.6) is 5.75 Å². The first-order valence-corrected chi connectivity index (χ1v) is 8.12. The van der Waals surface area contributed by atoms with Crippen LogP contribution >= 0.6 is 0 Å². The molecule has 1 aliphatic heterocycles. The SMILES string of the molecule is CNCCC1CCN(Cc2ccc(OCC(F)(F)F)cc2)CC1. The first-order valence-electron chi connectivity index (χ1n) is 8.12. The lowest BCUT2D eigenvalue weighted by Gasteiger charge is -2.32. The van der Waals surface area contributed by atoms with Crippen molar-refractivity contribution >= 4 is 0 Å². The van der Waals surface area contributed by atoms with E-state index in [0.29, 0.717) is 0 Å². The molecule has 0 unspecified atom stereocenters. The summed E-state index contributed by atoms with van der Waals surface area (Å²) >= 11 is 0. The van der Waals surface area contributed by atoms with Crippen molar-refractivity contribution in [2.75, 3.05) is 33.3 Å². The van der Waals surface area contributed by atoms with Gasteiger partial charge in [0.1, 0.15) is 5.75 Å². The van der Waals surface area contributed by atoms with E-state index in [2.05, 4.69) is 10.2 Å². The van der Waals surface area contributed by atoms with Crippen LogP contribution in [0.4, 0.5) is 13.2 Å². The number of piperidine rings is 1. The van der Waals surface area contributed by atoms with Gasteiger partial charge in [0.15, 0.2) is 6.61 Å². The van der Waals surface area contributed by atoms with Gasteiger partial charge in [0, 0.05) is 6.54 Å². The molecule has 1 saturated heterocycles. The Morgan fingerprint density at radius 3 is 2.39 bits per heavy atom. The standard InChI is InChI=1S/C17H25F3N2O/c1-21-9-6-14-7-10-22(11-8-14)12-15-2-4-16(5-3-15)23-13-17(18,19)20/h2-5,14,21H,6-13H2,1H3. The van der Waals surface area contributed by atoms with E-state index in [1.807, 2.05) is 19.2 Å². The largest absolute Gasteiger partial charge is 0.484 e. The van der Waals surface area contributed by atoms with Crippen molar-refractivity contribution in [1.29, 1.82) is 0 Å². The maximum atomic E-state index is 12.1. The molecule has 0 spiro atoms. The molecule has 0 aliphatic carbocycles. The fourth-order valence-corrected chi connectivity index (χ4v) is 2.90. The summed E-state index contributed by atoms with van der Waals surface area (Å²) in [5.41, 5.74) is 1.11. The van der Waals surface area contributed by atoms with Gasteiger partial charge >= 0.3 is 6.18 Å². The minimum atomic E-state index is -4.30. The lowest BCUT2D eigenvalue weighted by atomic mass is 9.93. The first kappa shape index (κ1) is 18.1. The minimum Gasteiger partial charge on any atom is -0.484 e. The third-order valence-corrected chi connectivity index (χ3v) is 4.24. The van der Waals surface area contributed by atoms with Crippen LogP contribution in [0.25, 0.3) is 0 Å². The zero-order valence-corrected chi connectivity index (χ0v) is 13.5. The normalized spacial score (nSPS) is 17.4. The van der Waals surface area contributed by atoms with E-state index >= 15 is 0 Å². The molecule has 0 atom stereocenters. The van der Waals surface area contributed by atoms with Crippen LogP contribution in [0.2, 0.25) is 0 Å². The smallest absolute Gasteiger partial charge is 0.422 e. The number of hydrogen-bond donors (Lipinski definition) is 1. The summed E-state index contributed by atoms with van der Waals surface area (Å²) in [7, 11) is 1.98. The van der Waals surface area contributed by atoms with Gasteiger partial charge in [-0.05, 0) is 69.6 Å². The fourth-order valence-electron chi connectivity index (χ4n) is 2.90. The van der Waals surface area contributed by atoms with Crippen LogP contribution in [0.1, 0.15) is 24.8 Å². The zero-order chi connectivity index (χ0) is 16.7. The number of halogens is 3. The van der Waals surface area contributed by atoms with Gasteiger partial charge in [0.25, 0.3) is 0 Å². The van der Waals surface area contributed by atoms with Crippen LogP contribution in [0.3, 0.4) is 0 Å². The molecule has 130 valence electrons. The van der Waals surface area contributed by atoms with Crippen molar-refractivity contribution in [1.82, 2.24) is 10.2 Å². The number of likely N-dealkylation sites (tertiary alicyclic amines) is 1. The van der Waals surface area contributed by atoms with E-state index in [4.69, 9.17) is 4.74 Å². The van der Waals surface area contributed by atoms with Crippen LogP contribution in [-0.4, -0.2) is 44.4 Å². The monoisotopic (exact) mass is 330 g/mol. The van der Waals surface area contributed by atoms with Crippen LogP contribution in [0, 0.1) is 5.92 Å². The van der Waals surface area contributed by atoms with Gasteiger partial charge < -0.3 is 10.1 Å². The van der Waals surface area contributed by atoms with Gasteiger partial charge in [0.05, 0.1) is 0 Å². The molecular formula is C17H25F3N2O. The number of benzene rings is 1. The Hall–Kier alpha value is -1.27. The Kier molecular flexibility index (Phi) is 6.72. The van der Waals surface area contributed by atoms with Gasteiger partial charge in [-0.3, -0.25) is 4.90 Å². The molecule has 3 nitrogen and oxygen atoms in total. The van der Waals surface area contributed by atoms with E-state index in [9.17, 15) is 13.2 Å². The molecule has 1 aliphatic rings. The number of ether oxygens (including phenoxy) is 1. The molecule has 2 rings (SSSR count). The van der Waals surface area contributed by atoms with E-state index in [1.165, 1.54) is 19.3 Å². The summed E-state index contributed by atoms with van der Waals surface area (Å²) in [5.74, 6) is 1.06. The Morgan fingerprint density at radius 1 is 1.17 bits per heavy atom. The average Bonchev–Trinajstić information content (AvgIpc) is 2.53. The van der Waals surface area contributed by atoms with Gasteiger partial charge in [-0.2, -0.15) is 13.2 Å². The number of nitrogens with one attached hydrogen (secondary N) is 1. The Balaban J connectivity index is 1.74. The Labute approximate surface area is 135 Å². The molecule has 0 amide bonds. The van der Waals surface area contributed by atoms with E-state index in [0.717, 1.165) is 37.7 Å². The predicted molar refractivity (Wildman–Crippen MR) is 84.5 cm³/mol. The highest BCUT2D eigenvalue weighted by Gasteiger charge is 2.28. The molecule has 0 radical (unpaired) electrons. The van der Waals surface area contributed by atoms with Crippen molar-refractivity contribution in [2.24, 2.45) is 5.92 Å². The first-order chi connectivity index (χ1) is 11.0. The molecule has 1 fully saturated rings.